The quantitative estimate of drug-likeness (QED) is 0.786. The van der Waals surface area contributed by atoms with Crippen molar-refractivity contribution in [3.63, 3.8) is 0 Å². The molecule has 0 aliphatic carbocycles. The molecule has 106 valence electrons. The van der Waals surface area contributed by atoms with Crippen molar-refractivity contribution in [3.05, 3.63) is 47.5 Å². The summed E-state index contributed by atoms with van der Waals surface area (Å²) in [5.74, 6) is 0.446. The zero-order chi connectivity index (χ0) is 14.5. The largest absolute Gasteiger partial charge is 0.497 e. The van der Waals surface area contributed by atoms with E-state index in [1.165, 1.54) is 0 Å². The number of imidazole rings is 1. The predicted octanol–water partition coefficient (Wildman–Crippen LogP) is 2.43. The molecule has 0 N–H and O–H groups in total. The van der Waals surface area contributed by atoms with E-state index in [1.54, 1.807) is 20.4 Å². The highest BCUT2D eigenvalue weighted by atomic mass is 16.5. The van der Waals surface area contributed by atoms with Crippen LogP contribution in [0.1, 0.15) is 28.7 Å². The van der Waals surface area contributed by atoms with Crippen molar-refractivity contribution in [1.82, 2.24) is 9.55 Å². The van der Waals surface area contributed by atoms with Crippen molar-refractivity contribution in [1.29, 1.82) is 0 Å². The van der Waals surface area contributed by atoms with Gasteiger partial charge in [0.1, 0.15) is 5.75 Å². The molecule has 1 aromatic heterocycles. The molecule has 0 bridgehead atoms. The second-order valence-corrected chi connectivity index (χ2v) is 4.38. The van der Waals surface area contributed by atoms with Crippen molar-refractivity contribution in [2.24, 2.45) is 0 Å². The number of esters is 1. The van der Waals surface area contributed by atoms with Gasteiger partial charge in [-0.3, -0.25) is 0 Å². The summed E-state index contributed by atoms with van der Waals surface area (Å²) in [6, 6.07) is 7.80. The Bertz CT molecular complexity index is 588. The lowest BCUT2D eigenvalue weighted by atomic mass is 10.2. The summed E-state index contributed by atoms with van der Waals surface area (Å²) in [6.07, 6.45) is 1.66. The van der Waals surface area contributed by atoms with E-state index in [0.29, 0.717) is 18.8 Å². The molecule has 0 saturated heterocycles. The molecule has 0 fully saturated rings. The Morgan fingerprint density at radius 3 is 2.60 bits per heavy atom. The van der Waals surface area contributed by atoms with Gasteiger partial charge in [0.25, 0.3) is 0 Å². The fourth-order valence-corrected chi connectivity index (χ4v) is 1.93. The number of aromatic nitrogens is 2. The smallest absolute Gasteiger partial charge is 0.358 e. The maximum Gasteiger partial charge on any atom is 0.358 e. The summed E-state index contributed by atoms with van der Waals surface area (Å²) in [5, 5.41) is 0. The van der Waals surface area contributed by atoms with Crippen molar-refractivity contribution >= 4 is 5.97 Å². The van der Waals surface area contributed by atoms with Crippen LogP contribution < -0.4 is 4.74 Å². The summed E-state index contributed by atoms with van der Waals surface area (Å²) < 4.78 is 12.0. The number of benzene rings is 1. The molecule has 5 nitrogen and oxygen atoms in total. The van der Waals surface area contributed by atoms with E-state index >= 15 is 0 Å². The number of hydrogen-bond acceptors (Lipinski definition) is 4. The summed E-state index contributed by atoms with van der Waals surface area (Å²) in [5.41, 5.74) is 2.29. The van der Waals surface area contributed by atoms with Gasteiger partial charge in [0.05, 0.1) is 20.0 Å². The van der Waals surface area contributed by atoms with Gasteiger partial charge in [-0.25, -0.2) is 9.78 Å². The van der Waals surface area contributed by atoms with Gasteiger partial charge in [0, 0.05) is 12.2 Å². The van der Waals surface area contributed by atoms with Crippen LogP contribution in [0.25, 0.3) is 0 Å². The second kappa shape index (κ2) is 6.23. The van der Waals surface area contributed by atoms with Crippen molar-refractivity contribution in [2.45, 2.75) is 20.4 Å². The number of rotatable bonds is 5. The van der Waals surface area contributed by atoms with E-state index in [9.17, 15) is 4.79 Å². The van der Waals surface area contributed by atoms with Crippen LogP contribution in [0.4, 0.5) is 0 Å². The minimum atomic E-state index is -0.376. The SMILES string of the molecule is CCOC(=O)c1ncn(Cc2ccc(OC)cc2)c1C. The lowest BCUT2D eigenvalue weighted by Gasteiger charge is -2.07. The third kappa shape index (κ3) is 2.99. The molecule has 20 heavy (non-hydrogen) atoms. The first-order valence-electron chi connectivity index (χ1n) is 6.47. The van der Waals surface area contributed by atoms with Crippen LogP contribution in [0.5, 0.6) is 5.75 Å². The van der Waals surface area contributed by atoms with E-state index < -0.39 is 0 Å². The Morgan fingerprint density at radius 2 is 2.00 bits per heavy atom. The molecule has 5 heteroatoms. The fraction of sp³-hybridized carbons (Fsp3) is 0.333. The van der Waals surface area contributed by atoms with Gasteiger partial charge >= 0.3 is 5.97 Å². The van der Waals surface area contributed by atoms with Crippen molar-refractivity contribution in [3.8, 4) is 5.75 Å². The van der Waals surface area contributed by atoms with Crippen LogP contribution in [-0.4, -0.2) is 29.2 Å². The topological polar surface area (TPSA) is 53.3 Å². The number of nitrogens with zero attached hydrogens (tertiary/aromatic N) is 2. The molecule has 0 amide bonds. The third-order valence-electron chi connectivity index (χ3n) is 3.08. The highest BCUT2D eigenvalue weighted by Gasteiger charge is 2.15. The van der Waals surface area contributed by atoms with Crippen LogP contribution in [-0.2, 0) is 11.3 Å². The fourth-order valence-electron chi connectivity index (χ4n) is 1.93. The first-order chi connectivity index (χ1) is 9.65. The van der Waals surface area contributed by atoms with E-state index in [2.05, 4.69) is 4.98 Å². The van der Waals surface area contributed by atoms with Crippen LogP contribution in [0.15, 0.2) is 30.6 Å². The molecule has 1 aromatic carbocycles. The Morgan fingerprint density at radius 1 is 1.30 bits per heavy atom. The zero-order valence-corrected chi connectivity index (χ0v) is 11.9. The molecule has 2 aromatic rings. The average molecular weight is 274 g/mol. The molecule has 0 spiro atoms. The molecule has 1 heterocycles. The molecule has 0 saturated carbocycles. The maximum atomic E-state index is 11.7. The van der Waals surface area contributed by atoms with Gasteiger partial charge in [0.2, 0.25) is 0 Å². The Labute approximate surface area is 118 Å². The molecule has 0 aliphatic rings. The normalized spacial score (nSPS) is 10.3. The Hall–Kier alpha value is -2.30. The van der Waals surface area contributed by atoms with Crippen LogP contribution >= 0.6 is 0 Å². The number of hydrogen-bond donors (Lipinski definition) is 0. The molecule has 0 atom stereocenters. The molecular weight excluding hydrogens is 256 g/mol. The van der Waals surface area contributed by atoms with Crippen LogP contribution in [0.3, 0.4) is 0 Å². The minimum absolute atomic E-state index is 0.351. The standard InChI is InChI=1S/C15H18N2O3/c1-4-20-15(18)14-11(2)17(10-16-14)9-12-5-7-13(19-3)8-6-12/h5-8,10H,4,9H2,1-3H3. The molecule has 0 aliphatic heterocycles. The molecular formula is C15H18N2O3. The van der Waals surface area contributed by atoms with Gasteiger partial charge in [-0.05, 0) is 31.5 Å². The highest BCUT2D eigenvalue weighted by Crippen LogP contribution is 2.14. The van der Waals surface area contributed by atoms with Gasteiger partial charge < -0.3 is 14.0 Å². The van der Waals surface area contributed by atoms with Gasteiger partial charge in [-0.15, -0.1) is 0 Å². The number of carbonyl (C=O) groups excluding carboxylic acids is 1. The number of carbonyl (C=O) groups is 1. The second-order valence-electron chi connectivity index (χ2n) is 4.38. The molecule has 2 rings (SSSR count). The predicted molar refractivity (Wildman–Crippen MR) is 75.0 cm³/mol. The van der Waals surface area contributed by atoms with E-state index in [4.69, 9.17) is 9.47 Å². The van der Waals surface area contributed by atoms with E-state index in [1.807, 2.05) is 35.8 Å². The summed E-state index contributed by atoms with van der Waals surface area (Å²) in [4.78, 5) is 15.8. The lowest BCUT2D eigenvalue weighted by Crippen LogP contribution is -2.08. The summed E-state index contributed by atoms with van der Waals surface area (Å²) >= 11 is 0. The van der Waals surface area contributed by atoms with Crippen LogP contribution in [0.2, 0.25) is 0 Å². The van der Waals surface area contributed by atoms with Crippen LogP contribution in [0, 0.1) is 6.92 Å². The number of methoxy groups -OCH3 is 1. The summed E-state index contributed by atoms with van der Waals surface area (Å²) in [7, 11) is 1.64. The average Bonchev–Trinajstić information content (AvgIpc) is 2.81. The lowest BCUT2D eigenvalue weighted by molar-refractivity contribution is 0.0519. The first kappa shape index (κ1) is 14.1. The number of ether oxygens (including phenoxy) is 2. The van der Waals surface area contributed by atoms with E-state index in [0.717, 1.165) is 17.0 Å². The minimum Gasteiger partial charge on any atom is -0.497 e. The van der Waals surface area contributed by atoms with Crippen molar-refractivity contribution in [2.75, 3.05) is 13.7 Å². The Balaban J connectivity index is 2.15. The molecule has 0 unspecified atom stereocenters. The first-order valence-corrected chi connectivity index (χ1v) is 6.47. The van der Waals surface area contributed by atoms with Gasteiger partial charge in [0.15, 0.2) is 5.69 Å². The highest BCUT2D eigenvalue weighted by molar-refractivity contribution is 5.88. The maximum absolute atomic E-state index is 11.7. The van der Waals surface area contributed by atoms with Gasteiger partial charge in [-0.2, -0.15) is 0 Å². The van der Waals surface area contributed by atoms with E-state index in [-0.39, 0.29) is 5.97 Å². The zero-order valence-electron chi connectivity index (χ0n) is 11.9. The van der Waals surface area contributed by atoms with Gasteiger partial charge in [-0.1, -0.05) is 12.1 Å². The Kier molecular flexibility index (Phi) is 4.40. The third-order valence-corrected chi connectivity index (χ3v) is 3.08. The molecule has 0 radical (unpaired) electrons. The van der Waals surface area contributed by atoms with Crippen molar-refractivity contribution < 1.29 is 14.3 Å². The summed E-state index contributed by atoms with van der Waals surface area (Å²) in [6.45, 7) is 4.65. The monoisotopic (exact) mass is 274 g/mol.